The molecule has 10 nitrogen and oxygen atoms in total. The van der Waals surface area contributed by atoms with E-state index in [0.29, 0.717) is 0 Å². The SMILES string of the molecule is NC(CC(=O)O)(CC(=O)O)C(N)(CC(=O)O)CC(=O)O.[NaH].[NaH].[NaH]. The molecule has 0 aromatic heterocycles. The topological polar surface area (TPSA) is 201 Å². The summed E-state index contributed by atoms with van der Waals surface area (Å²) in [4.78, 5) is 43.2. The van der Waals surface area contributed by atoms with Crippen molar-refractivity contribution in [1.29, 1.82) is 0 Å². The van der Waals surface area contributed by atoms with Crippen LogP contribution >= 0.6 is 0 Å². The molecule has 0 bridgehead atoms. The zero-order chi connectivity index (χ0) is 16.1. The van der Waals surface area contributed by atoms with Crippen molar-refractivity contribution in [3.63, 3.8) is 0 Å². The Morgan fingerprint density at radius 1 is 0.565 bits per heavy atom. The Labute approximate surface area is 198 Å². The van der Waals surface area contributed by atoms with Crippen LogP contribution in [0.4, 0.5) is 0 Å². The van der Waals surface area contributed by atoms with E-state index in [1.807, 2.05) is 0 Å². The van der Waals surface area contributed by atoms with Crippen molar-refractivity contribution in [3.05, 3.63) is 0 Å². The summed E-state index contributed by atoms with van der Waals surface area (Å²) in [5, 5.41) is 35.1. The van der Waals surface area contributed by atoms with Gasteiger partial charge in [-0.1, -0.05) is 0 Å². The van der Waals surface area contributed by atoms with E-state index in [1.165, 1.54) is 0 Å². The molecule has 0 aliphatic carbocycles. The van der Waals surface area contributed by atoms with Gasteiger partial charge in [-0.25, -0.2) is 0 Å². The number of rotatable bonds is 9. The molecule has 0 rings (SSSR count). The normalized spacial score (nSPS) is 10.3. The molecule has 0 atom stereocenters. The maximum atomic E-state index is 10.8. The molecular weight excluding hydrogens is 345 g/mol. The summed E-state index contributed by atoms with van der Waals surface area (Å²) in [6, 6.07) is 0. The third kappa shape index (κ3) is 11.1. The first-order chi connectivity index (χ1) is 8.92. The summed E-state index contributed by atoms with van der Waals surface area (Å²) in [6.45, 7) is 0. The second kappa shape index (κ2) is 13.1. The summed E-state index contributed by atoms with van der Waals surface area (Å²) < 4.78 is 0. The van der Waals surface area contributed by atoms with E-state index >= 15 is 0 Å². The van der Waals surface area contributed by atoms with Gasteiger partial charge in [0, 0.05) is 0 Å². The Morgan fingerprint density at radius 2 is 0.696 bits per heavy atom. The molecule has 0 aromatic rings. The second-order valence-electron chi connectivity index (χ2n) is 4.59. The molecule has 0 saturated heterocycles. The minimum absolute atomic E-state index is 0. The van der Waals surface area contributed by atoms with E-state index < -0.39 is 60.6 Å². The van der Waals surface area contributed by atoms with Gasteiger partial charge in [-0.05, 0) is 0 Å². The monoisotopic (exact) mass is 364 g/mol. The first-order valence-corrected chi connectivity index (χ1v) is 5.37. The van der Waals surface area contributed by atoms with Crippen molar-refractivity contribution in [1.82, 2.24) is 0 Å². The third-order valence-electron chi connectivity index (χ3n) is 2.86. The van der Waals surface area contributed by atoms with Crippen LogP contribution in [0.3, 0.4) is 0 Å². The van der Waals surface area contributed by atoms with Crippen LogP contribution in [0.5, 0.6) is 0 Å². The molecule has 0 amide bonds. The van der Waals surface area contributed by atoms with Crippen molar-refractivity contribution in [2.75, 3.05) is 0 Å². The number of aliphatic carboxylic acids is 4. The summed E-state index contributed by atoms with van der Waals surface area (Å²) in [7, 11) is 0. The van der Waals surface area contributed by atoms with Crippen LogP contribution in [0, 0.1) is 0 Å². The molecule has 13 heteroatoms. The van der Waals surface area contributed by atoms with Gasteiger partial charge in [0.05, 0.1) is 36.8 Å². The van der Waals surface area contributed by atoms with E-state index in [1.54, 1.807) is 0 Å². The van der Waals surface area contributed by atoms with Crippen molar-refractivity contribution >= 4 is 113 Å². The van der Waals surface area contributed by atoms with Gasteiger partial charge in [0.1, 0.15) is 0 Å². The Balaban J connectivity index is -0.000000602. The van der Waals surface area contributed by atoms with E-state index in [0.717, 1.165) is 0 Å². The van der Waals surface area contributed by atoms with E-state index in [4.69, 9.17) is 31.9 Å². The minimum atomic E-state index is -2.22. The van der Waals surface area contributed by atoms with Crippen molar-refractivity contribution < 1.29 is 39.6 Å². The number of nitrogens with two attached hydrogens (primary N) is 2. The molecule has 0 saturated carbocycles. The van der Waals surface area contributed by atoms with Crippen LogP contribution in [0.15, 0.2) is 0 Å². The van der Waals surface area contributed by atoms with E-state index in [-0.39, 0.29) is 88.7 Å². The zero-order valence-electron chi connectivity index (χ0n) is 10.4. The number of carboxylic acids is 4. The summed E-state index contributed by atoms with van der Waals surface area (Å²) in [6.07, 6.45) is -3.90. The molecule has 0 heterocycles. The molecule has 0 aromatic carbocycles. The van der Waals surface area contributed by atoms with Crippen LogP contribution in [-0.2, 0) is 19.2 Å². The molecule has 0 unspecified atom stereocenters. The molecule has 0 spiro atoms. The van der Waals surface area contributed by atoms with Crippen LogP contribution in [-0.4, -0.2) is 144 Å². The van der Waals surface area contributed by atoms with Crippen LogP contribution < -0.4 is 11.5 Å². The van der Waals surface area contributed by atoms with Crippen LogP contribution in [0.1, 0.15) is 25.7 Å². The van der Waals surface area contributed by atoms with Gasteiger partial charge >= 0.3 is 113 Å². The predicted octanol–water partition coefficient (Wildman–Crippen LogP) is -3.67. The van der Waals surface area contributed by atoms with Gasteiger partial charge < -0.3 is 31.9 Å². The molecule has 0 fully saturated rings. The average Bonchev–Trinajstić information content (AvgIpc) is 2.10. The number of carboxylic acid groups (broad SMARTS) is 4. The Bertz CT molecular complexity index is 374. The molecule has 0 aliphatic rings. The fourth-order valence-corrected chi connectivity index (χ4v) is 1.91. The predicted molar refractivity (Wildman–Crippen MR) is 84.3 cm³/mol. The molecule has 8 N–H and O–H groups in total. The van der Waals surface area contributed by atoms with Crippen molar-refractivity contribution in [2.24, 2.45) is 11.5 Å². The first-order valence-electron chi connectivity index (χ1n) is 5.37. The third-order valence-corrected chi connectivity index (χ3v) is 2.86. The van der Waals surface area contributed by atoms with Gasteiger partial charge in [0.25, 0.3) is 0 Å². The molecule has 120 valence electrons. The van der Waals surface area contributed by atoms with Crippen LogP contribution in [0.25, 0.3) is 0 Å². The zero-order valence-corrected chi connectivity index (χ0v) is 10.4. The van der Waals surface area contributed by atoms with Gasteiger partial charge in [-0.3, -0.25) is 19.2 Å². The van der Waals surface area contributed by atoms with E-state index in [9.17, 15) is 19.2 Å². The maximum absolute atomic E-state index is 10.8. The Morgan fingerprint density at radius 3 is 0.783 bits per heavy atom. The molecule has 0 aliphatic heterocycles. The Kier molecular flexibility index (Phi) is 17.9. The summed E-state index contributed by atoms with van der Waals surface area (Å²) in [5.41, 5.74) is 6.88. The van der Waals surface area contributed by atoms with E-state index in [2.05, 4.69) is 0 Å². The number of hydrogen-bond acceptors (Lipinski definition) is 6. The average molecular weight is 364 g/mol. The van der Waals surface area contributed by atoms with Crippen LogP contribution in [0.2, 0.25) is 0 Å². The standard InChI is InChI=1S/C10H16N2O8.3Na.3H/c11-9(1-5(13)14,2-6(15)16)10(12,3-7(17)18)4-8(19)20;;;;;;/h1-4,11-12H2,(H,13,14)(H,15,16)(H,17,18)(H,19,20);;;;;;. The molecular formula is C10H19N2Na3O8. The second-order valence-corrected chi connectivity index (χ2v) is 4.59. The van der Waals surface area contributed by atoms with Crippen molar-refractivity contribution in [2.45, 2.75) is 36.8 Å². The summed E-state index contributed by atoms with van der Waals surface area (Å²) in [5.74, 6) is -6.06. The number of hydrogen-bond donors (Lipinski definition) is 6. The summed E-state index contributed by atoms with van der Waals surface area (Å²) >= 11 is 0. The first kappa shape index (κ1) is 31.6. The fraction of sp³-hybridized carbons (Fsp3) is 0.600. The van der Waals surface area contributed by atoms with Crippen molar-refractivity contribution in [3.8, 4) is 0 Å². The molecule has 23 heavy (non-hydrogen) atoms. The molecule has 0 radical (unpaired) electrons. The van der Waals surface area contributed by atoms with Gasteiger partial charge in [-0.2, -0.15) is 0 Å². The van der Waals surface area contributed by atoms with Gasteiger partial charge in [-0.15, -0.1) is 0 Å². The van der Waals surface area contributed by atoms with Gasteiger partial charge in [0.2, 0.25) is 0 Å². The number of carbonyl (C=O) groups is 4. The quantitative estimate of drug-likeness (QED) is 0.221. The Hall–Kier alpha value is 0.800. The van der Waals surface area contributed by atoms with Gasteiger partial charge in [0.15, 0.2) is 0 Å². The fourth-order valence-electron chi connectivity index (χ4n) is 1.91.